The number of hydrogen-bond donors (Lipinski definition) is 2. The van der Waals surface area contributed by atoms with E-state index in [1.165, 1.54) is 5.56 Å². The topological polar surface area (TPSA) is 42.5 Å². The summed E-state index contributed by atoms with van der Waals surface area (Å²) in [6.45, 7) is 3.25. The van der Waals surface area contributed by atoms with Gasteiger partial charge in [-0.3, -0.25) is 0 Å². The van der Waals surface area contributed by atoms with Gasteiger partial charge in [-0.05, 0) is 36.8 Å². The minimum atomic E-state index is -0.0821. The summed E-state index contributed by atoms with van der Waals surface area (Å²) in [7, 11) is 0. The van der Waals surface area contributed by atoms with Crippen LogP contribution in [0.25, 0.3) is 0 Å². The summed E-state index contributed by atoms with van der Waals surface area (Å²) < 4.78 is 11.7. The molecule has 23 heavy (non-hydrogen) atoms. The van der Waals surface area contributed by atoms with Crippen LogP contribution >= 0.6 is 12.2 Å². The van der Waals surface area contributed by atoms with Crippen molar-refractivity contribution >= 4 is 17.3 Å². The average Bonchev–Trinajstić information content (AvgIpc) is 2.60. The highest BCUT2D eigenvalue weighted by Crippen LogP contribution is 2.31. The highest BCUT2D eigenvalue weighted by molar-refractivity contribution is 7.80. The maximum Gasteiger partial charge on any atom is 0.166 e. The van der Waals surface area contributed by atoms with Crippen LogP contribution in [0, 0.1) is 0 Å². The Morgan fingerprint density at radius 2 is 1.83 bits per heavy atom. The number of thiocarbonyl (C=S) groups is 1. The molecule has 0 amide bonds. The molecular weight excluding hydrogens is 308 g/mol. The maximum absolute atomic E-state index is 5.98. The lowest BCUT2D eigenvalue weighted by atomic mass is 10.1. The summed E-state index contributed by atoms with van der Waals surface area (Å²) in [5.74, 6) is 1.57. The maximum atomic E-state index is 5.98. The van der Waals surface area contributed by atoms with Crippen molar-refractivity contribution in [2.24, 2.45) is 0 Å². The first-order valence-electron chi connectivity index (χ1n) is 7.69. The van der Waals surface area contributed by atoms with Crippen molar-refractivity contribution in [3.8, 4) is 11.5 Å². The van der Waals surface area contributed by atoms with Crippen LogP contribution in [-0.2, 0) is 6.54 Å². The van der Waals surface area contributed by atoms with Gasteiger partial charge in [0.2, 0.25) is 0 Å². The Morgan fingerprint density at radius 3 is 2.61 bits per heavy atom. The molecule has 1 aliphatic heterocycles. The highest BCUT2D eigenvalue weighted by Gasteiger charge is 2.26. The van der Waals surface area contributed by atoms with Gasteiger partial charge >= 0.3 is 0 Å². The number of rotatable bonds is 4. The number of nitrogens with one attached hydrogen (secondary N) is 2. The van der Waals surface area contributed by atoms with Crippen molar-refractivity contribution in [1.82, 2.24) is 10.6 Å². The predicted molar refractivity (Wildman–Crippen MR) is 94.8 cm³/mol. The minimum absolute atomic E-state index is 0.0409. The molecule has 0 unspecified atom stereocenters. The Balaban J connectivity index is 1.49. The van der Waals surface area contributed by atoms with Gasteiger partial charge < -0.3 is 20.1 Å². The summed E-state index contributed by atoms with van der Waals surface area (Å²) in [5, 5.41) is 7.09. The van der Waals surface area contributed by atoms with Crippen molar-refractivity contribution in [2.75, 3.05) is 6.61 Å². The van der Waals surface area contributed by atoms with Crippen LogP contribution in [0.1, 0.15) is 12.5 Å². The molecule has 0 radical (unpaired) electrons. The summed E-state index contributed by atoms with van der Waals surface area (Å²) in [6.07, 6.45) is -0.0821. The first-order chi connectivity index (χ1) is 11.2. The van der Waals surface area contributed by atoms with E-state index in [9.17, 15) is 0 Å². The van der Waals surface area contributed by atoms with Crippen LogP contribution in [0.3, 0.4) is 0 Å². The molecule has 2 aromatic carbocycles. The number of hydrogen-bond acceptors (Lipinski definition) is 3. The molecule has 2 atom stereocenters. The fraction of sp³-hybridized carbons (Fsp3) is 0.278. The van der Waals surface area contributed by atoms with E-state index in [-0.39, 0.29) is 12.1 Å². The molecular formula is C18H20N2O2S. The normalized spacial score (nSPS) is 17.2. The van der Waals surface area contributed by atoms with E-state index in [2.05, 4.69) is 22.8 Å². The Bertz CT molecular complexity index is 663. The number of fused-ring (bicyclic) bond motifs is 1. The molecule has 2 aromatic rings. The quantitative estimate of drug-likeness (QED) is 0.845. The minimum Gasteiger partial charge on any atom is -0.486 e. The molecule has 0 saturated carbocycles. The smallest absolute Gasteiger partial charge is 0.166 e. The van der Waals surface area contributed by atoms with Gasteiger partial charge in [-0.25, -0.2) is 0 Å². The van der Waals surface area contributed by atoms with Crippen molar-refractivity contribution < 1.29 is 9.47 Å². The third-order valence-corrected chi connectivity index (χ3v) is 4.01. The fourth-order valence-electron chi connectivity index (χ4n) is 2.41. The van der Waals surface area contributed by atoms with Gasteiger partial charge in [0.25, 0.3) is 0 Å². The number of benzene rings is 2. The summed E-state index contributed by atoms with van der Waals surface area (Å²) in [6, 6.07) is 17.9. The molecule has 120 valence electrons. The average molecular weight is 328 g/mol. The monoisotopic (exact) mass is 328 g/mol. The van der Waals surface area contributed by atoms with Crippen LogP contribution in [0.4, 0.5) is 0 Å². The molecule has 0 fully saturated rings. The standard InChI is InChI=1S/C18H20N2O2S/c1-13(17-12-21-15-9-5-6-10-16(15)22-17)20-18(23)19-11-14-7-3-2-4-8-14/h2-10,13,17H,11-12H2,1H3,(H2,19,20,23)/t13-,17-/m0/s1. The molecule has 0 aliphatic carbocycles. The van der Waals surface area contributed by atoms with Crippen LogP contribution in [0.5, 0.6) is 11.5 Å². The largest absolute Gasteiger partial charge is 0.486 e. The van der Waals surface area contributed by atoms with Crippen molar-refractivity contribution in [3.05, 3.63) is 60.2 Å². The van der Waals surface area contributed by atoms with E-state index in [1.807, 2.05) is 49.4 Å². The lowest BCUT2D eigenvalue weighted by molar-refractivity contribution is 0.0716. The zero-order valence-corrected chi connectivity index (χ0v) is 13.8. The lowest BCUT2D eigenvalue weighted by Crippen LogP contribution is -2.50. The number of ether oxygens (including phenoxy) is 2. The van der Waals surface area contributed by atoms with Gasteiger partial charge in [0.15, 0.2) is 22.7 Å². The second-order valence-corrected chi connectivity index (χ2v) is 5.92. The molecule has 1 heterocycles. The van der Waals surface area contributed by atoms with Crippen LogP contribution < -0.4 is 20.1 Å². The predicted octanol–water partition coefficient (Wildman–Crippen LogP) is 2.88. The SMILES string of the molecule is C[C@H](NC(=S)NCc1ccccc1)[C@@H]1COc2ccccc2O1. The zero-order valence-electron chi connectivity index (χ0n) is 13.0. The molecule has 0 spiro atoms. The van der Waals surface area contributed by atoms with E-state index in [1.54, 1.807) is 0 Å². The summed E-state index contributed by atoms with van der Waals surface area (Å²) in [5.41, 5.74) is 1.19. The summed E-state index contributed by atoms with van der Waals surface area (Å²) in [4.78, 5) is 0. The molecule has 0 bridgehead atoms. The zero-order chi connectivity index (χ0) is 16.1. The van der Waals surface area contributed by atoms with E-state index in [4.69, 9.17) is 21.7 Å². The van der Waals surface area contributed by atoms with E-state index in [0.717, 1.165) is 11.5 Å². The molecule has 0 saturated heterocycles. The third kappa shape index (κ3) is 4.13. The van der Waals surface area contributed by atoms with Gasteiger partial charge in [0.1, 0.15) is 6.61 Å². The molecule has 3 rings (SSSR count). The Labute approximate surface area is 141 Å². The third-order valence-electron chi connectivity index (χ3n) is 3.74. The molecule has 4 nitrogen and oxygen atoms in total. The van der Waals surface area contributed by atoms with Gasteiger partial charge in [-0.15, -0.1) is 0 Å². The van der Waals surface area contributed by atoms with Gasteiger partial charge in [-0.2, -0.15) is 0 Å². The van der Waals surface area contributed by atoms with Gasteiger partial charge in [0, 0.05) is 6.54 Å². The Kier molecular flexibility index (Phi) is 4.98. The molecule has 2 N–H and O–H groups in total. The Hall–Kier alpha value is -2.27. The lowest BCUT2D eigenvalue weighted by Gasteiger charge is -2.31. The molecule has 0 aromatic heterocycles. The van der Waals surface area contributed by atoms with E-state index < -0.39 is 0 Å². The van der Waals surface area contributed by atoms with Crippen molar-refractivity contribution in [1.29, 1.82) is 0 Å². The summed E-state index contributed by atoms with van der Waals surface area (Å²) >= 11 is 5.36. The van der Waals surface area contributed by atoms with Crippen LogP contribution in [-0.4, -0.2) is 23.9 Å². The second kappa shape index (κ2) is 7.33. The molecule has 1 aliphatic rings. The second-order valence-electron chi connectivity index (χ2n) is 5.52. The van der Waals surface area contributed by atoms with E-state index in [0.29, 0.717) is 18.3 Å². The molecule has 5 heteroatoms. The number of para-hydroxylation sites is 2. The Morgan fingerprint density at radius 1 is 1.13 bits per heavy atom. The van der Waals surface area contributed by atoms with Gasteiger partial charge in [0.05, 0.1) is 6.04 Å². The fourth-order valence-corrected chi connectivity index (χ4v) is 2.67. The van der Waals surface area contributed by atoms with Crippen molar-refractivity contribution in [3.63, 3.8) is 0 Å². The van der Waals surface area contributed by atoms with Crippen LogP contribution in [0.15, 0.2) is 54.6 Å². The van der Waals surface area contributed by atoms with Gasteiger partial charge in [-0.1, -0.05) is 42.5 Å². The first-order valence-corrected chi connectivity index (χ1v) is 8.10. The van der Waals surface area contributed by atoms with Crippen molar-refractivity contribution in [2.45, 2.75) is 25.6 Å². The highest BCUT2D eigenvalue weighted by atomic mass is 32.1. The van der Waals surface area contributed by atoms with E-state index >= 15 is 0 Å². The van der Waals surface area contributed by atoms with Crippen LogP contribution in [0.2, 0.25) is 0 Å². The first kappa shape index (κ1) is 15.6.